The van der Waals surface area contributed by atoms with Gasteiger partial charge in [-0.15, -0.1) is 0 Å². The van der Waals surface area contributed by atoms with Gasteiger partial charge in [0.2, 0.25) is 0 Å². The lowest BCUT2D eigenvalue weighted by Gasteiger charge is -2.53. The third-order valence-corrected chi connectivity index (χ3v) is 5.02. The number of hydrogen-bond acceptors (Lipinski definition) is 3. The zero-order valence-electron chi connectivity index (χ0n) is 10.9. The standard InChI is InChI=1S/C15H20O3/c1-9-6-14(18)15(3)12(10(9)2)5-4-11(7-16)13(15)8-17/h4,7-9,12-14,18H,2,5-6H2,1,3H3/t9-,12-,13-,14+,15-/m0/s1. The quantitative estimate of drug-likeness (QED) is 0.600. The minimum Gasteiger partial charge on any atom is -0.392 e. The van der Waals surface area contributed by atoms with Crippen molar-refractivity contribution in [3.05, 3.63) is 23.8 Å². The molecule has 3 nitrogen and oxygen atoms in total. The maximum absolute atomic E-state index is 11.4. The van der Waals surface area contributed by atoms with E-state index >= 15 is 0 Å². The Morgan fingerprint density at radius 2 is 2.17 bits per heavy atom. The Morgan fingerprint density at radius 1 is 1.50 bits per heavy atom. The zero-order valence-corrected chi connectivity index (χ0v) is 10.9. The first-order chi connectivity index (χ1) is 8.46. The van der Waals surface area contributed by atoms with Gasteiger partial charge in [0.15, 0.2) is 0 Å². The first-order valence-electron chi connectivity index (χ1n) is 6.44. The Bertz CT molecular complexity index is 423. The predicted octanol–water partition coefficient (Wildman–Crippen LogP) is 1.91. The van der Waals surface area contributed by atoms with Crippen LogP contribution in [-0.2, 0) is 9.59 Å². The molecule has 3 heteroatoms. The molecule has 0 bridgehead atoms. The van der Waals surface area contributed by atoms with Crippen LogP contribution in [0.1, 0.15) is 26.7 Å². The van der Waals surface area contributed by atoms with Crippen molar-refractivity contribution in [3.8, 4) is 0 Å². The van der Waals surface area contributed by atoms with Crippen molar-refractivity contribution in [3.63, 3.8) is 0 Å². The van der Waals surface area contributed by atoms with E-state index in [0.717, 1.165) is 18.1 Å². The number of carbonyl (C=O) groups excluding carboxylic acids is 2. The normalized spacial score (nSPS) is 43.9. The molecule has 0 amide bonds. The minimum absolute atomic E-state index is 0.0788. The van der Waals surface area contributed by atoms with Crippen LogP contribution in [0.2, 0.25) is 0 Å². The van der Waals surface area contributed by atoms with E-state index in [2.05, 4.69) is 13.5 Å². The Hall–Kier alpha value is -1.22. The van der Waals surface area contributed by atoms with Gasteiger partial charge in [0.1, 0.15) is 12.6 Å². The molecule has 0 unspecified atom stereocenters. The van der Waals surface area contributed by atoms with Crippen LogP contribution in [0.3, 0.4) is 0 Å². The molecule has 2 aliphatic carbocycles. The molecule has 5 atom stereocenters. The highest BCUT2D eigenvalue weighted by Crippen LogP contribution is 2.55. The van der Waals surface area contributed by atoms with E-state index in [-0.39, 0.29) is 11.8 Å². The summed E-state index contributed by atoms with van der Waals surface area (Å²) in [5, 5.41) is 10.4. The predicted molar refractivity (Wildman–Crippen MR) is 68.8 cm³/mol. The molecule has 0 spiro atoms. The summed E-state index contributed by atoms with van der Waals surface area (Å²) in [7, 11) is 0. The molecule has 1 fully saturated rings. The molecule has 0 heterocycles. The Morgan fingerprint density at radius 3 is 2.72 bits per heavy atom. The summed E-state index contributed by atoms with van der Waals surface area (Å²) < 4.78 is 0. The van der Waals surface area contributed by atoms with E-state index < -0.39 is 17.4 Å². The Labute approximate surface area is 108 Å². The van der Waals surface area contributed by atoms with Gasteiger partial charge in [0.25, 0.3) is 0 Å². The van der Waals surface area contributed by atoms with Crippen LogP contribution in [0.15, 0.2) is 23.8 Å². The van der Waals surface area contributed by atoms with Gasteiger partial charge < -0.3 is 9.90 Å². The van der Waals surface area contributed by atoms with Gasteiger partial charge in [-0.2, -0.15) is 0 Å². The number of hydrogen-bond donors (Lipinski definition) is 1. The van der Waals surface area contributed by atoms with Crippen LogP contribution < -0.4 is 0 Å². The third-order valence-electron chi connectivity index (χ3n) is 5.02. The summed E-state index contributed by atoms with van der Waals surface area (Å²) in [4.78, 5) is 22.4. The molecule has 0 aliphatic heterocycles. The minimum atomic E-state index is -0.587. The summed E-state index contributed by atoms with van der Waals surface area (Å²) in [5.41, 5.74) is 1.01. The first kappa shape index (κ1) is 13.2. The molecule has 98 valence electrons. The SMILES string of the molecule is C=C1[C@@H](C)C[C@@H](O)[C@]2(C)[C@@H](C=O)C(C=O)=CC[C@@H]12. The highest BCUT2D eigenvalue weighted by Gasteiger charge is 2.54. The van der Waals surface area contributed by atoms with Gasteiger partial charge in [-0.05, 0) is 30.3 Å². The lowest BCUT2D eigenvalue weighted by Crippen LogP contribution is -2.53. The van der Waals surface area contributed by atoms with E-state index in [1.807, 2.05) is 13.0 Å². The van der Waals surface area contributed by atoms with Crippen molar-refractivity contribution in [1.82, 2.24) is 0 Å². The first-order valence-corrected chi connectivity index (χ1v) is 6.44. The molecule has 0 aromatic carbocycles. The van der Waals surface area contributed by atoms with Crippen LogP contribution in [0.25, 0.3) is 0 Å². The summed E-state index contributed by atoms with van der Waals surface area (Å²) >= 11 is 0. The van der Waals surface area contributed by atoms with E-state index in [1.54, 1.807) is 0 Å². The average molecular weight is 248 g/mol. The van der Waals surface area contributed by atoms with Gasteiger partial charge in [0.05, 0.1) is 12.0 Å². The fourth-order valence-electron chi connectivity index (χ4n) is 3.63. The van der Waals surface area contributed by atoms with Crippen molar-refractivity contribution in [2.75, 3.05) is 0 Å². The molecule has 1 saturated carbocycles. The zero-order chi connectivity index (χ0) is 13.5. The number of allylic oxidation sites excluding steroid dienone is 3. The summed E-state index contributed by atoms with van der Waals surface area (Å²) in [6.07, 6.45) is 4.11. The number of aliphatic hydroxyl groups is 1. The number of carbonyl (C=O) groups is 2. The molecular weight excluding hydrogens is 228 g/mol. The van der Waals surface area contributed by atoms with Crippen LogP contribution in [-0.4, -0.2) is 23.8 Å². The monoisotopic (exact) mass is 248 g/mol. The van der Waals surface area contributed by atoms with Crippen LogP contribution in [0.5, 0.6) is 0 Å². The van der Waals surface area contributed by atoms with E-state index in [4.69, 9.17) is 0 Å². The number of fused-ring (bicyclic) bond motifs is 1. The van der Waals surface area contributed by atoms with Crippen molar-refractivity contribution in [2.45, 2.75) is 32.8 Å². The lowest BCUT2D eigenvalue weighted by atomic mass is 9.52. The van der Waals surface area contributed by atoms with E-state index in [9.17, 15) is 14.7 Å². The Kier molecular flexibility index (Phi) is 3.28. The van der Waals surface area contributed by atoms with Crippen molar-refractivity contribution in [2.24, 2.45) is 23.2 Å². The molecule has 0 radical (unpaired) electrons. The summed E-state index contributed by atoms with van der Waals surface area (Å²) in [5.74, 6) is -0.181. The molecule has 1 N–H and O–H groups in total. The Balaban J connectivity index is 2.51. The fourth-order valence-corrected chi connectivity index (χ4v) is 3.63. The number of rotatable bonds is 2. The van der Waals surface area contributed by atoms with Gasteiger partial charge >= 0.3 is 0 Å². The van der Waals surface area contributed by atoms with Crippen LogP contribution >= 0.6 is 0 Å². The second-order valence-electron chi connectivity index (χ2n) is 5.82. The van der Waals surface area contributed by atoms with Crippen molar-refractivity contribution >= 4 is 12.6 Å². The number of aliphatic hydroxyl groups excluding tert-OH is 1. The molecule has 0 aromatic rings. The molecular formula is C15H20O3. The fraction of sp³-hybridized carbons (Fsp3) is 0.600. The second kappa shape index (κ2) is 4.47. The molecule has 2 aliphatic rings. The van der Waals surface area contributed by atoms with Crippen LogP contribution in [0.4, 0.5) is 0 Å². The molecule has 0 aromatic heterocycles. The van der Waals surface area contributed by atoms with Gasteiger partial charge in [0, 0.05) is 5.41 Å². The van der Waals surface area contributed by atoms with Gasteiger partial charge in [-0.25, -0.2) is 0 Å². The largest absolute Gasteiger partial charge is 0.392 e. The average Bonchev–Trinajstić information content (AvgIpc) is 2.35. The van der Waals surface area contributed by atoms with Crippen LogP contribution in [0, 0.1) is 23.2 Å². The highest BCUT2D eigenvalue weighted by atomic mass is 16.3. The van der Waals surface area contributed by atoms with E-state index in [1.165, 1.54) is 0 Å². The van der Waals surface area contributed by atoms with Gasteiger partial charge in [-0.1, -0.05) is 32.1 Å². The van der Waals surface area contributed by atoms with Crippen molar-refractivity contribution < 1.29 is 14.7 Å². The lowest BCUT2D eigenvalue weighted by molar-refractivity contribution is -0.125. The number of aldehydes is 2. The summed E-state index contributed by atoms with van der Waals surface area (Å²) in [6.45, 7) is 8.10. The smallest absolute Gasteiger partial charge is 0.146 e. The third kappa shape index (κ3) is 1.61. The summed E-state index contributed by atoms with van der Waals surface area (Å²) in [6, 6.07) is 0. The topological polar surface area (TPSA) is 54.4 Å². The van der Waals surface area contributed by atoms with Crippen molar-refractivity contribution in [1.29, 1.82) is 0 Å². The maximum atomic E-state index is 11.4. The van der Waals surface area contributed by atoms with E-state index in [0.29, 0.717) is 18.4 Å². The molecule has 2 rings (SSSR count). The maximum Gasteiger partial charge on any atom is 0.146 e. The van der Waals surface area contributed by atoms with Gasteiger partial charge in [-0.3, -0.25) is 4.79 Å². The highest BCUT2D eigenvalue weighted by molar-refractivity contribution is 5.82. The second-order valence-corrected chi connectivity index (χ2v) is 5.82. The molecule has 18 heavy (non-hydrogen) atoms. The molecule has 0 saturated heterocycles.